The van der Waals surface area contributed by atoms with Gasteiger partial charge in [0.2, 0.25) is 0 Å². The second-order valence-electron chi connectivity index (χ2n) is 8.86. The molecule has 4 rings (SSSR count). The van der Waals surface area contributed by atoms with Crippen molar-refractivity contribution in [2.75, 3.05) is 0 Å². The molecule has 2 aromatic heterocycles. The van der Waals surface area contributed by atoms with Crippen molar-refractivity contribution in [1.29, 1.82) is 0 Å². The maximum atomic E-state index is 13.5. The fourth-order valence-corrected chi connectivity index (χ4v) is 4.36. The maximum absolute atomic E-state index is 13.5. The van der Waals surface area contributed by atoms with Crippen LogP contribution in [0.2, 0.25) is 0 Å². The zero-order chi connectivity index (χ0) is 24.8. The van der Waals surface area contributed by atoms with Crippen molar-refractivity contribution >= 4 is 29.6 Å². The Morgan fingerprint density at radius 3 is 2.28 bits per heavy atom. The number of rotatable bonds is 10. The maximum Gasteiger partial charge on any atom is 0.439 e. The van der Waals surface area contributed by atoms with Crippen LogP contribution < -0.4 is 11.3 Å². The summed E-state index contributed by atoms with van der Waals surface area (Å²) in [6, 6.07) is 15.9. The van der Waals surface area contributed by atoms with Crippen LogP contribution in [0.15, 0.2) is 62.6 Å². The summed E-state index contributed by atoms with van der Waals surface area (Å²) in [6.45, 7) is 6.92. The van der Waals surface area contributed by atoms with E-state index in [4.69, 9.17) is 4.98 Å². The second kappa shape index (κ2) is 13.0. The Labute approximate surface area is 233 Å². The number of hydrogen-bond acceptors (Lipinski definition) is 5. The first kappa shape index (κ1) is 27.8. The molecule has 0 amide bonds. The fraction of sp³-hybridized carbons (Fsp3) is 0.357. The van der Waals surface area contributed by atoms with Crippen LogP contribution in [-0.2, 0) is 19.4 Å². The monoisotopic (exact) mass is 495 g/mol. The minimum Gasteiger partial charge on any atom is -0.297 e. The molecule has 0 saturated heterocycles. The summed E-state index contributed by atoms with van der Waals surface area (Å²) in [5.41, 5.74) is 5.58. The summed E-state index contributed by atoms with van der Waals surface area (Å²) >= 11 is 0. The van der Waals surface area contributed by atoms with Gasteiger partial charge in [0.1, 0.15) is 5.82 Å². The summed E-state index contributed by atoms with van der Waals surface area (Å²) in [7, 11) is 0. The molecule has 1 radical (unpaired) electrons. The molecule has 7 nitrogen and oxygen atoms in total. The molecule has 1 N–H and O–H groups in total. The largest absolute Gasteiger partial charge is 0.439 e. The Hall–Kier alpha value is -2.74. The van der Waals surface area contributed by atoms with Crippen LogP contribution in [0.25, 0.3) is 22.5 Å². The Kier molecular flexibility index (Phi) is 10.0. The molecular weight excluding hydrogens is 463 g/mol. The van der Waals surface area contributed by atoms with Crippen molar-refractivity contribution in [3.8, 4) is 22.5 Å². The molecule has 36 heavy (non-hydrogen) atoms. The van der Waals surface area contributed by atoms with Crippen molar-refractivity contribution in [3.63, 3.8) is 0 Å². The number of aromatic nitrogens is 4. The van der Waals surface area contributed by atoms with Gasteiger partial charge < -0.3 is 0 Å². The molecular formula is C28H32N4NaO3. The van der Waals surface area contributed by atoms with E-state index in [0.717, 1.165) is 71.4 Å². The van der Waals surface area contributed by atoms with Crippen molar-refractivity contribution in [2.45, 2.75) is 65.8 Å². The smallest absolute Gasteiger partial charge is 0.297 e. The topological polar surface area (TPSA) is 93.8 Å². The summed E-state index contributed by atoms with van der Waals surface area (Å²) in [5.74, 6) is 0.616. The van der Waals surface area contributed by atoms with Gasteiger partial charge in [-0.3, -0.25) is 18.9 Å². The van der Waals surface area contributed by atoms with Gasteiger partial charge in [0, 0.05) is 53.6 Å². The number of hydrogen-bond donors (Lipinski definition) is 1. The van der Waals surface area contributed by atoms with Crippen LogP contribution >= 0.6 is 0 Å². The van der Waals surface area contributed by atoms with Crippen LogP contribution in [0.4, 0.5) is 0 Å². The van der Waals surface area contributed by atoms with Gasteiger partial charge in [-0.25, -0.2) is 9.78 Å². The molecule has 0 atom stereocenters. The van der Waals surface area contributed by atoms with E-state index in [0.29, 0.717) is 18.8 Å². The van der Waals surface area contributed by atoms with Crippen LogP contribution in [0.5, 0.6) is 0 Å². The zero-order valence-corrected chi connectivity index (χ0v) is 23.6. The van der Waals surface area contributed by atoms with E-state index in [1.807, 2.05) is 47.9 Å². The molecule has 2 aromatic carbocycles. The molecule has 2 heterocycles. The van der Waals surface area contributed by atoms with E-state index >= 15 is 0 Å². The molecule has 0 bridgehead atoms. The summed E-state index contributed by atoms with van der Waals surface area (Å²) in [4.78, 5) is 32.4. The molecule has 0 fully saturated rings. The number of aromatic amines is 1. The number of nitrogens with zero attached hydrogens (tertiary/aromatic N) is 3. The average Bonchev–Trinajstić information content (AvgIpc) is 3.31. The van der Waals surface area contributed by atoms with Crippen molar-refractivity contribution < 1.29 is 4.52 Å². The number of nitrogens with one attached hydrogen (secondary N) is 1. The van der Waals surface area contributed by atoms with Gasteiger partial charge in [-0.15, -0.1) is 0 Å². The van der Waals surface area contributed by atoms with Crippen molar-refractivity contribution in [3.05, 3.63) is 92.1 Å². The van der Waals surface area contributed by atoms with Gasteiger partial charge in [-0.1, -0.05) is 80.4 Å². The first-order chi connectivity index (χ1) is 17.0. The predicted molar refractivity (Wildman–Crippen MR) is 143 cm³/mol. The van der Waals surface area contributed by atoms with Gasteiger partial charge in [0.05, 0.1) is 5.69 Å². The minimum absolute atomic E-state index is 0. The van der Waals surface area contributed by atoms with Crippen LogP contribution in [-0.4, -0.2) is 49.2 Å². The number of benzene rings is 2. The number of aryl methyl sites for hydroxylation is 2. The van der Waals surface area contributed by atoms with Gasteiger partial charge in [0.25, 0.3) is 5.56 Å². The first-order valence-electron chi connectivity index (χ1n) is 12.4. The molecule has 0 aliphatic carbocycles. The minimum atomic E-state index is -0.583. The molecule has 0 unspecified atom stereocenters. The van der Waals surface area contributed by atoms with E-state index in [2.05, 4.69) is 40.6 Å². The SMILES string of the molecule is CCCCc1nc(C)n(CCCC)c(=O)c1Cc1ccc(-c2ccccc2-c2noc(=O)[nH]2)cc1.[Na]. The van der Waals surface area contributed by atoms with E-state index in [1.165, 1.54) is 0 Å². The van der Waals surface area contributed by atoms with Crippen LogP contribution in [0.3, 0.4) is 0 Å². The molecule has 0 aliphatic heterocycles. The van der Waals surface area contributed by atoms with Crippen molar-refractivity contribution in [2.24, 2.45) is 0 Å². The third kappa shape index (κ3) is 6.33. The fourth-order valence-electron chi connectivity index (χ4n) is 4.36. The molecule has 0 spiro atoms. The molecule has 0 aliphatic rings. The molecule has 4 aromatic rings. The molecule has 183 valence electrons. The Morgan fingerprint density at radius 2 is 1.64 bits per heavy atom. The van der Waals surface area contributed by atoms with Crippen LogP contribution in [0.1, 0.15) is 62.2 Å². The summed E-state index contributed by atoms with van der Waals surface area (Å²) in [6.07, 6.45) is 5.43. The first-order valence-corrected chi connectivity index (χ1v) is 12.4. The Morgan fingerprint density at radius 1 is 0.944 bits per heavy atom. The van der Waals surface area contributed by atoms with E-state index < -0.39 is 5.76 Å². The van der Waals surface area contributed by atoms with Crippen molar-refractivity contribution in [1.82, 2.24) is 19.7 Å². The molecule has 0 saturated carbocycles. The van der Waals surface area contributed by atoms with Crippen LogP contribution in [0, 0.1) is 6.92 Å². The summed E-state index contributed by atoms with van der Waals surface area (Å²) < 4.78 is 6.52. The normalized spacial score (nSPS) is 10.9. The third-order valence-electron chi connectivity index (χ3n) is 6.31. The van der Waals surface area contributed by atoms with Gasteiger partial charge in [-0.2, -0.15) is 0 Å². The Bertz CT molecular complexity index is 1400. The standard InChI is InChI=1S/C28H32N4O3.Na/c1-4-6-12-25-24(27(33)32(17-7-5-2)19(3)29-25)18-20-13-15-21(16-14-20)22-10-8-9-11-23(22)26-30-28(34)35-31-26;/h8-11,13-16H,4-7,12,17-18H2,1-3H3,(H,30,31,34);. The quantitative estimate of drug-likeness (QED) is 0.315. The van der Waals surface area contributed by atoms with E-state index in [9.17, 15) is 9.59 Å². The van der Waals surface area contributed by atoms with E-state index in [-0.39, 0.29) is 35.1 Å². The molecule has 8 heteroatoms. The second-order valence-corrected chi connectivity index (χ2v) is 8.86. The zero-order valence-electron chi connectivity index (χ0n) is 21.6. The van der Waals surface area contributed by atoms with Gasteiger partial charge >= 0.3 is 5.76 Å². The Balaban J connectivity index is 0.00000361. The average molecular weight is 496 g/mol. The van der Waals surface area contributed by atoms with Gasteiger partial charge in [-0.05, 0) is 42.9 Å². The number of H-pyrrole nitrogens is 1. The third-order valence-corrected chi connectivity index (χ3v) is 6.31. The predicted octanol–water partition coefficient (Wildman–Crippen LogP) is 4.91. The number of unbranched alkanes of at least 4 members (excludes halogenated alkanes) is 2. The van der Waals surface area contributed by atoms with Gasteiger partial charge in [0.15, 0.2) is 5.82 Å². The summed E-state index contributed by atoms with van der Waals surface area (Å²) in [5, 5.41) is 3.84. The van der Waals surface area contributed by atoms with E-state index in [1.54, 1.807) is 0 Å².